The third-order valence-electron chi connectivity index (χ3n) is 3.13. The van der Waals surface area contributed by atoms with Crippen molar-refractivity contribution >= 4 is 5.78 Å². The van der Waals surface area contributed by atoms with Gasteiger partial charge in [0.1, 0.15) is 5.78 Å². The van der Waals surface area contributed by atoms with Crippen LogP contribution in [0.4, 0.5) is 0 Å². The van der Waals surface area contributed by atoms with E-state index in [0.717, 1.165) is 0 Å². The molecule has 1 atom stereocenters. The Kier molecular flexibility index (Phi) is 4.88. The number of Topliss-reactive ketones (excluding diaryl/α,β-unsaturated/α-hetero) is 1. The van der Waals surface area contributed by atoms with Gasteiger partial charge < -0.3 is 4.74 Å². The summed E-state index contributed by atoms with van der Waals surface area (Å²) in [4.78, 5) is 11.9. The molecule has 0 bridgehead atoms. The van der Waals surface area contributed by atoms with Crippen LogP contribution in [0.25, 0.3) is 0 Å². The van der Waals surface area contributed by atoms with Crippen LogP contribution < -0.4 is 0 Å². The molecule has 0 saturated carbocycles. The number of hydrogen-bond acceptors (Lipinski definition) is 2. The Labute approximate surface area is 104 Å². The van der Waals surface area contributed by atoms with E-state index in [1.165, 1.54) is 22.3 Å². The Hall–Kier alpha value is -1.15. The summed E-state index contributed by atoms with van der Waals surface area (Å²) in [6, 6.07) is 4.27. The summed E-state index contributed by atoms with van der Waals surface area (Å²) in [6.07, 6.45) is 1.02. The monoisotopic (exact) mass is 234 g/mol. The molecule has 0 aliphatic heterocycles. The van der Waals surface area contributed by atoms with Crippen molar-refractivity contribution < 1.29 is 9.53 Å². The van der Waals surface area contributed by atoms with E-state index in [0.29, 0.717) is 12.8 Å². The molecule has 0 saturated heterocycles. The van der Waals surface area contributed by atoms with Crippen molar-refractivity contribution in [3.8, 4) is 0 Å². The first-order valence-corrected chi connectivity index (χ1v) is 6.05. The molecule has 0 aliphatic carbocycles. The Morgan fingerprint density at radius 3 is 2.24 bits per heavy atom. The minimum Gasteiger partial charge on any atom is -0.381 e. The number of benzene rings is 1. The topological polar surface area (TPSA) is 26.3 Å². The first-order valence-electron chi connectivity index (χ1n) is 6.05. The SMILES string of the molecule is COC(C)CC(=O)Cc1c(C)cc(C)cc1C. The molecule has 0 N–H and O–H groups in total. The highest BCUT2D eigenvalue weighted by Crippen LogP contribution is 2.18. The van der Waals surface area contributed by atoms with E-state index in [1.807, 2.05) is 6.92 Å². The van der Waals surface area contributed by atoms with Gasteiger partial charge in [0.25, 0.3) is 0 Å². The fraction of sp³-hybridized carbons (Fsp3) is 0.533. The van der Waals surface area contributed by atoms with Gasteiger partial charge in [-0.2, -0.15) is 0 Å². The second-order valence-electron chi connectivity index (χ2n) is 4.84. The normalized spacial score (nSPS) is 12.5. The number of ketones is 1. The van der Waals surface area contributed by atoms with Crippen molar-refractivity contribution in [2.24, 2.45) is 0 Å². The second-order valence-corrected chi connectivity index (χ2v) is 4.84. The maximum atomic E-state index is 11.9. The third-order valence-corrected chi connectivity index (χ3v) is 3.13. The molecule has 0 aromatic heterocycles. The smallest absolute Gasteiger partial charge is 0.139 e. The highest BCUT2D eigenvalue weighted by Gasteiger charge is 2.12. The lowest BCUT2D eigenvalue weighted by Crippen LogP contribution is -2.15. The van der Waals surface area contributed by atoms with Gasteiger partial charge in [-0.3, -0.25) is 4.79 Å². The Bertz CT molecular complexity index is 384. The van der Waals surface area contributed by atoms with Crippen LogP contribution in [0.3, 0.4) is 0 Å². The van der Waals surface area contributed by atoms with E-state index in [9.17, 15) is 4.79 Å². The minimum atomic E-state index is 0.00793. The first kappa shape index (κ1) is 13.9. The highest BCUT2D eigenvalue weighted by molar-refractivity contribution is 5.82. The van der Waals surface area contributed by atoms with Crippen LogP contribution in [0.15, 0.2) is 12.1 Å². The van der Waals surface area contributed by atoms with E-state index < -0.39 is 0 Å². The third kappa shape index (κ3) is 3.97. The molecular formula is C15H22O2. The largest absolute Gasteiger partial charge is 0.381 e. The summed E-state index contributed by atoms with van der Waals surface area (Å²) in [6.45, 7) is 8.15. The van der Waals surface area contributed by atoms with Gasteiger partial charge in [0.05, 0.1) is 6.10 Å². The Balaban J connectivity index is 2.78. The van der Waals surface area contributed by atoms with E-state index in [1.54, 1.807) is 7.11 Å². The molecule has 1 aromatic rings. The zero-order chi connectivity index (χ0) is 13.0. The van der Waals surface area contributed by atoms with E-state index in [2.05, 4.69) is 32.9 Å². The Morgan fingerprint density at radius 2 is 1.76 bits per heavy atom. The lowest BCUT2D eigenvalue weighted by molar-refractivity contribution is -0.120. The van der Waals surface area contributed by atoms with Crippen LogP contribution in [-0.4, -0.2) is 19.0 Å². The average molecular weight is 234 g/mol. The van der Waals surface area contributed by atoms with Gasteiger partial charge in [-0.25, -0.2) is 0 Å². The molecular weight excluding hydrogens is 212 g/mol. The van der Waals surface area contributed by atoms with Gasteiger partial charge in [-0.15, -0.1) is 0 Å². The number of ether oxygens (including phenoxy) is 1. The standard InChI is InChI=1S/C15H22O2/c1-10-6-11(2)15(12(3)7-10)9-14(16)8-13(4)17-5/h6-7,13H,8-9H2,1-5H3. The molecule has 2 nitrogen and oxygen atoms in total. The number of aryl methyl sites for hydroxylation is 3. The summed E-state index contributed by atoms with van der Waals surface area (Å²) >= 11 is 0. The van der Waals surface area contributed by atoms with Gasteiger partial charge in [0.15, 0.2) is 0 Å². The number of carbonyl (C=O) groups excluding carboxylic acids is 1. The molecule has 0 radical (unpaired) electrons. The highest BCUT2D eigenvalue weighted by atomic mass is 16.5. The van der Waals surface area contributed by atoms with Crippen LogP contribution >= 0.6 is 0 Å². The summed E-state index contributed by atoms with van der Waals surface area (Å²) < 4.78 is 5.12. The van der Waals surface area contributed by atoms with Gasteiger partial charge in [-0.05, 0) is 44.4 Å². The zero-order valence-corrected chi connectivity index (χ0v) is 11.5. The predicted molar refractivity (Wildman–Crippen MR) is 70.5 cm³/mol. The van der Waals surface area contributed by atoms with Crippen molar-refractivity contribution in [3.63, 3.8) is 0 Å². The van der Waals surface area contributed by atoms with Crippen molar-refractivity contribution in [3.05, 3.63) is 34.4 Å². The van der Waals surface area contributed by atoms with Crippen LogP contribution in [0.5, 0.6) is 0 Å². The molecule has 1 rings (SSSR count). The number of carbonyl (C=O) groups is 1. The Morgan fingerprint density at radius 1 is 1.24 bits per heavy atom. The average Bonchev–Trinajstić information content (AvgIpc) is 2.23. The van der Waals surface area contributed by atoms with Crippen LogP contribution in [-0.2, 0) is 16.0 Å². The number of methoxy groups -OCH3 is 1. The van der Waals surface area contributed by atoms with E-state index in [-0.39, 0.29) is 11.9 Å². The molecule has 17 heavy (non-hydrogen) atoms. The lowest BCUT2D eigenvalue weighted by Gasteiger charge is -2.12. The maximum absolute atomic E-state index is 11.9. The molecule has 0 fully saturated rings. The van der Waals surface area contributed by atoms with Gasteiger partial charge in [-0.1, -0.05) is 17.7 Å². The summed E-state index contributed by atoms with van der Waals surface area (Å²) in [7, 11) is 1.64. The van der Waals surface area contributed by atoms with Crippen molar-refractivity contribution in [2.45, 2.75) is 46.6 Å². The molecule has 1 aromatic carbocycles. The van der Waals surface area contributed by atoms with Crippen molar-refractivity contribution in [1.82, 2.24) is 0 Å². The molecule has 2 heteroatoms. The number of hydrogen-bond donors (Lipinski definition) is 0. The minimum absolute atomic E-state index is 0.00793. The summed E-state index contributed by atoms with van der Waals surface area (Å²) in [5, 5.41) is 0. The first-order chi connectivity index (χ1) is 7.93. The summed E-state index contributed by atoms with van der Waals surface area (Å²) in [5.41, 5.74) is 4.84. The van der Waals surface area contributed by atoms with Crippen LogP contribution in [0.2, 0.25) is 0 Å². The van der Waals surface area contributed by atoms with Crippen LogP contribution in [0, 0.1) is 20.8 Å². The fourth-order valence-electron chi connectivity index (χ4n) is 2.16. The quantitative estimate of drug-likeness (QED) is 0.782. The maximum Gasteiger partial charge on any atom is 0.139 e. The van der Waals surface area contributed by atoms with Crippen molar-refractivity contribution in [1.29, 1.82) is 0 Å². The van der Waals surface area contributed by atoms with E-state index in [4.69, 9.17) is 4.74 Å². The molecule has 0 spiro atoms. The molecule has 1 unspecified atom stereocenters. The summed E-state index contributed by atoms with van der Waals surface area (Å²) in [5.74, 6) is 0.245. The van der Waals surface area contributed by atoms with Gasteiger partial charge in [0, 0.05) is 20.0 Å². The number of rotatable bonds is 5. The predicted octanol–water partition coefficient (Wildman–Crippen LogP) is 3.15. The second kappa shape index (κ2) is 5.97. The molecule has 94 valence electrons. The zero-order valence-electron chi connectivity index (χ0n) is 11.5. The lowest BCUT2D eigenvalue weighted by atomic mass is 9.94. The van der Waals surface area contributed by atoms with Gasteiger partial charge >= 0.3 is 0 Å². The fourth-order valence-corrected chi connectivity index (χ4v) is 2.16. The molecule has 0 amide bonds. The molecule has 0 aliphatic rings. The van der Waals surface area contributed by atoms with Gasteiger partial charge in [0.2, 0.25) is 0 Å². The molecule has 0 heterocycles. The van der Waals surface area contributed by atoms with E-state index >= 15 is 0 Å². The van der Waals surface area contributed by atoms with Crippen LogP contribution in [0.1, 0.15) is 35.6 Å². The van der Waals surface area contributed by atoms with Crippen molar-refractivity contribution in [2.75, 3.05) is 7.11 Å².